The highest BCUT2D eigenvalue weighted by Gasteiger charge is 2.31. The van der Waals surface area contributed by atoms with Crippen LogP contribution in [0.25, 0.3) is 0 Å². The summed E-state index contributed by atoms with van der Waals surface area (Å²) < 4.78 is 0. The summed E-state index contributed by atoms with van der Waals surface area (Å²) in [5.74, 6) is 0.0506. The van der Waals surface area contributed by atoms with Crippen molar-refractivity contribution in [1.82, 2.24) is 0 Å². The topological polar surface area (TPSA) is 48.5 Å². The van der Waals surface area contributed by atoms with Gasteiger partial charge in [-0.3, -0.25) is 0 Å². The fourth-order valence-electron chi connectivity index (χ4n) is 1.67. The highest BCUT2D eigenvalue weighted by molar-refractivity contribution is 6.36. The molecule has 70 valence electrons. The maximum absolute atomic E-state index is 8.84. The lowest BCUT2D eigenvalue weighted by molar-refractivity contribution is 1.01. The maximum atomic E-state index is 8.84. The fraction of sp³-hybridized carbons (Fsp3) is 0.300. The molecule has 0 saturated heterocycles. The second-order valence-electron chi connectivity index (χ2n) is 3.32. The minimum atomic E-state index is 0.0506. The largest absolute Gasteiger partial charge is 0.192 e. The molecule has 0 aromatic rings. The molecule has 14 heavy (non-hydrogen) atoms. The van der Waals surface area contributed by atoms with E-state index in [1.54, 1.807) is 0 Å². The Morgan fingerprint density at radius 2 is 2.14 bits per heavy atom. The predicted molar refractivity (Wildman–Crippen MR) is 56.3 cm³/mol. The molecule has 2 rings (SSSR count). The molecule has 0 bridgehead atoms. The smallest absolute Gasteiger partial charge is 0.100 e. The number of fused-ring (bicyclic) bond motifs is 1. The van der Waals surface area contributed by atoms with Gasteiger partial charge >= 0.3 is 0 Å². The van der Waals surface area contributed by atoms with Crippen molar-refractivity contribution in [3.05, 3.63) is 22.3 Å². The molecule has 1 atom stereocenters. The van der Waals surface area contributed by atoms with Gasteiger partial charge in [-0.05, 0) is 13.8 Å². The van der Waals surface area contributed by atoms with E-state index in [1.807, 2.05) is 19.9 Å². The highest BCUT2D eigenvalue weighted by Crippen LogP contribution is 2.36. The molecular weight excluding hydrogens is 198 g/mol. The van der Waals surface area contributed by atoms with Gasteiger partial charge in [0.2, 0.25) is 0 Å². The molecule has 1 heterocycles. The summed E-state index contributed by atoms with van der Waals surface area (Å²) in [5, 5.41) is 17.4. The lowest BCUT2D eigenvalue weighted by Gasteiger charge is -2.16. The average Bonchev–Trinajstić information content (AvgIpc) is 2.51. The van der Waals surface area contributed by atoms with Crippen LogP contribution in [0.1, 0.15) is 13.8 Å². The third-order valence-electron chi connectivity index (χ3n) is 2.44. The van der Waals surface area contributed by atoms with Gasteiger partial charge in [0.25, 0.3) is 0 Å². The van der Waals surface area contributed by atoms with Crippen molar-refractivity contribution in [2.24, 2.45) is 16.1 Å². The molecule has 0 aromatic heterocycles. The Kier molecular flexibility index (Phi) is 2.01. The first-order valence-corrected chi connectivity index (χ1v) is 4.64. The summed E-state index contributed by atoms with van der Waals surface area (Å²) in [4.78, 5) is 0. The SMILES string of the molecule is CC1=NN=C(C)C2C=C(C#N)C(Cl)=C12. The molecule has 0 N–H and O–H groups in total. The zero-order valence-corrected chi connectivity index (χ0v) is 8.63. The molecule has 0 saturated carbocycles. The number of hydrogen-bond acceptors (Lipinski definition) is 3. The molecule has 0 aromatic carbocycles. The number of nitriles is 1. The van der Waals surface area contributed by atoms with Crippen molar-refractivity contribution in [2.45, 2.75) is 13.8 Å². The van der Waals surface area contributed by atoms with Gasteiger partial charge in [0.05, 0.1) is 16.3 Å². The lowest BCUT2D eigenvalue weighted by Crippen LogP contribution is -2.18. The maximum Gasteiger partial charge on any atom is 0.100 e. The van der Waals surface area contributed by atoms with E-state index >= 15 is 0 Å². The molecule has 1 unspecified atom stereocenters. The van der Waals surface area contributed by atoms with Gasteiger partial charge in [-0.15, -0.1) is 0 Å². The minimum Gasteiger partial charge on any atom is -0.192 e. The summed E-state index contributed by atoms with van der Waals surface area (Å²) in [6.45, 7) is 3.75. The first-order valence-electron chi connectivity index (χ1n) is 4.26. The Morgan fingerprint density at radius 3 is 2.71 bits per heavy atom. The van der Waals surface area contributed by atoms with E-state index in [1.165, 1.54) is 0 Å². The molecule has 0 amide bonds. The zero-order chi connectivity index (χ0) is 10.3. The number of hydrogen-bond donors (Lipinski definition) is 0. The number of halogens is 1. The predicted octanol–water partition coefficient (Wildman–Crippen LogP) is 2.41. The second-order valence-corrected chi connectivity index (χ2v) is 3.70. The van der Waals surface area contributed by atoms with Crippen LogP contribution in [-0.4, -0.2) is 11.4 Å². The summed E-state index contributed by atoms with van der Waals surface area (Å²) in [5.41, 5.74) is 3.13. The van der Waals surface area contributed by atoms with E-state index < -0.39 is 0 Å². The van der Waals surface area contributed by atoms with Gasteiger partial charge < -0.3 is 0 Å². The van der Waals surface area contributed by atoms with Crippen molar-refractivity contribution in [1.29, 1.82) is 5.26 Å². The van der Waals surface area contributed by atoms with Crippen LogP contribution in [0.3, 0.4) is 0 Å². The molecule has 0 spiro atoms. The Morgan fingerprint density at radius 1 is 1.43 bits per heavy atom. The van der Waals surface area contributed by atoms with Gasteiger partial charge in [0.15, 0.2) is 0 Å². The van der Waals surface area contributed by atoms with Crippen LogP contribution in [0.5, 0.6) is 0 Å². The van der Waals surface area contributed by atoms with Crippen molar-refractivity contribution >= 4 is 23.0 Å². The summed E-state index contributed by atoms with van der Waals surface area (Å²) >= 11 is 6.07. The van der Waals surface area contributed by atoms with E-state index in [-0.39, 0.29) is 5.92 Å². The Balaban J connectivity index is 2.60. The third kappa shape index (κ3) is 1.11. The number of allylic oxidation sites excluding steroid dienone is 4. The Bertz CT molecular complexity index is 460. The van der Waals surface area contributed by atoms with Crippen LogP contribution in [0, 0.1) is 17.2 Å². The molecule has 0 radical (unpaired) electrons. The Labute approximate surface area is 87.1 Å². The summed E-state index contributed by atoms with van der Waals surface area (Å²) in [7, 11) is 0. The van der Waals surface area contributed by atoms with Crippen LogP contribution < -0.4 is 0 Å². The van der Waals surface area contributed by atoms with Crippen LogP contribution in [0.2, 0.25) is 0 Å². The van der Waals surface area contributed by atoms with E-state index in [4.69, 9.17) is 16.9 Å². The zero-order valence-electron chi connectivity index (χ0n) is 7.87. The monoisotopic (exact) mass is 205 g/mol. The van der Waals surface area contributed by atoms with Gasteiger partial charge in [-0.25, -0.2) is 0 Å². The normalized spacial score (nSPS) is 25.0. The third-order valence-corrected chi connectivity index (χ3v) is 2.84. The first kappa shape index (κ1) is 9.17. The van der Waals surface area contributed by atoms with Crippen LogP contribution in [0.15, 0.2) is 32.5 Å². The van der Waals surface area contributed by atoms with E-state index in [0.29, 0.717) is 10.6 Å². The van der Waals surface area contributed by atoms with Crippen LogP contribution in [0.4, 0.5) is 0 Å². The number of nitrogens with zero attached hydrogens (tertiary/aromatic N) is 3. The van der Waals surface area contributed by atoms with E-state index in [0.717, 1.165) is 17.0 Å². The molecular formula is C10H8ClN3. The van der Waals surface area contributed by atoms with Gasteiger partial charge in [0.1, 0.15) is 6.07 Å². The molecule has 0 fully saturated rings. The second kappa shape index (κ2) is 3.07. The average molecular weight is 206 g/mol. The molecule has 4 heteroatoms. The van der Waals surface area contributed by atoms with E-state index in [2.05, 4.69) is 16.3 Å². The van der Waals surface area contributed by atoms with Crippen molar-refractivity contribution in [3.63, 3.8) is 0 Å². The Hall–Kier alpha value is -1.40. The lowest BCUT2D eigenvalue weighted by atomic mass is 9.94. The van der Waals surface area contributed by atoms with Crippen molar-refractivity contribution in [2.75, 3.05) is 0 Å². The molecule has 1 aliphatic heterocycles. The number of rotatable bonds is 0. The van der Waals surface area contributed by atoms with Gasteiger partial charge in [-0.1, -0.05) is 17.7 Å². The summed E-state index contributed by atoms with van der Waals surface area (Å²) in [6.07, 6.45) is 1.84. The minimum absolute atomic E-state index is 0.0506. The van der Waals surface area contributed by atoms with E-state index in [9.17, 15) is 0 Å². The van der Waals surface area contributed by atoms with Gasteiger partial charge in [-0.2, -0.15) is 15.5 Å². The molecule has 1 aliphatic carbocycles. The van der Waals surface area contributed by atoms with Gasteiger partial charge in [0, 0.05) is 17.2 Å². The molecule has 2 aliphatic rings. The van der Waals surface area contributed by atoms with Crippen LogP contribution in [-0.2, 0) is 0 Å². The standard InChI is InChI=1S/C10H8ClN3/c1-5-8-3-7(4-12)10(11)9(8)6(2)14-13-5/h3,8H,1-2H3. The van der Waals surface area contributed by atoms with Crippen molar-refractivity contribution < 1.29 is 0 Å². The quantitative estimate of drug-likeness (QED) is 0.599. The van der Waals surface area contributed by atoms with Crippen molar-refractivity contribution in [3.8, 4) is 6.07 Å². The summed E-state index contributed by atoms with van der Waals surface area (Å²) in [6, 6.07) is 2.07. The highest BCUT2D eigenvalue weighted by atomic mass is 35.5. The molecule has 3 nitrogen and oxygen atoms in total. The fourth-order valence-corrected chi connectivity index (χ4v) is 2.03. The van der Waals surface area contributed by atoms with Crippen LogP contribution >= 0.6 is 11.6 Å². The first-order chi connectivity index (χ1) is 6.65.